The van der Waals surface area contributed by atoms with Gasteiger partial charge in [-0.2, -0.15) is 0 Å². The van der Waals surface area contributed by atoms with E-state index in [-0.39, 0.29) is 0 Å². The third kappa shape index (κ3) is 7.64. The Balaban J connectivity index is 1.54. The van der Waals surface area contributed by atoms with Crippen LogP contribution in [0, 0.1) is 0 Å². The van der Waals surface area contributed by atoms with Crippen molar-refractivity contribution in [2.45, 2.75) is 77.6 Å². The Kier molecular flexibility index (Phi) is 9.73. The number of hydrogen-bond donors (Lipinski definition) is 1. The number of rotatable bonds is 13. The van der Waals surface area contributed by atoms with Crippen molar-refractivity contribution in [2.75, 3.05) is 11.9 Å². The molecular weight excluding hydrogens is 328 g/mol. The van der Waals surface area contributed by atoms with Gasteiger partial charge < -0.3 is 5.32 Å². The summed E-state index contributed by atoms with van der Waals surface area (Å²) in [6.45, 7) is 3.31. The third-order valence-corrected chi connectivity index (χ3v) is 5.04. The number of hydrogen-bond acceptors (Lipinski definition) is 2. The highest BCUT2D eigenvalue weighted by Crippen LogP contribution is 2.24. The number of nitrogens with one attached hydrogen (secondary N) is 1. The molecule has 1 N–H and O–H groups in total. The van der Waals surface area contributed by atoms with Crippen LogP contribution in [0.2, 0.25) is 5.02 Å². The molecule has 0 aliphatic heterocycles. The van der Waals surface area contributed by atoms with E-state index in [0.29, 0.717) is 0 Å². The van der Waals surface area contributed by atoms with Gasteiger partial charge in [-0.05, 0) is 30.7 Å². The molecule has 2 nitrogen and oxygen atoms in total. The second-order valence-electron chi connectivity index (χ2n) is 6.98. The minimum absolute atomic E-state index is 0.738. The molecule has 0 aliphatic carbocycles. The molecule has 25 heavy (non-hydrogen) atoms. The first-order valence-electron chi connectivity index (χ1n) is 10.1. The lowest BCUT2D eigenvalue weighted by molar-refractivity contribution is 0.552. The molecule has 1 aromatic carbocycles. The van der Waals surface area contributed by atoms with Gasteiger partial charge in [-0.25, -0.2) is 0 Å². The molecule has 0 aliphatic rings. The predicted octanol–water partition coefficient (Wildman–Crippen LogP) is 7.61. The lowest BCUT2D eigenvalue weighted by atomic mass is 10.1. The standard InChI is InChI=1S/C22H33ClN2/c1-2-3-4-5-6-7-8-9-10-11-12-16-24-21-15-17-25-22-18-19(23)13-14-20(21)22/h13-15,17-18H,2-12,16H2,1H3,(H,24,25). The quantitative estimate of drug-likeness (QED) is 0.372. The van der Waals surface area contributed by atoms with E-state index in [0.717, 1.165) is 28.2 Å². The number of nitrogens with zero attached hydrogens (tertiary/aromatic N) is 1. The summed E-state index contributed by atoms with van der Waals surface area (Å²) in [5, 5.41) is 5.44. The van der Waals surface area contributed by atoms with E-state index >= 15 is 0 Å². The van der Waals surface area contributed by atoms with Crippen molar-refractivity contribution < 1.29 is 0 Å². The summed E-state index contributed by atoms with van der Waals surface area (Å²) in [4.78, 5) is 4.39. The normalized spacial score (nSPS) is 11.1. The zero-order chi connectivity index (χ0) is 17.7. The Labute approximate surface area is 158 Å². The first-order chi connectivity index (χ1) is 12.3. The van der Waals surface area contributed by atoms with E-state index in [4.69, 9.17) is 11.6 Å². The smallest absolute Gasteiger partial charge is 0.0737 e. The van der Waals surface area contributed by atoms with Crippen molar-refractivity contribution in [1.82, 2.24) is 4.98 Å². The van der Waals surface area contributed by atoms with Crippen molar-refractivity contribution in [3.63, 3.8) is 0 Å². The fourth-order valence-corrected chi connectivity index (χ4v) is 3.45. The summed E-state index contributed by atoms with van der Waals surface area (Å²) in [7, 11) is 0. The van der Waals surface area contributed by atoms with Crippen LogP contribution < -0.4 is 5.32 Å². The number of unbranched alkanes of at least 4 members (excludes halogenated alkanes) is 10. The molecule has 2 aromatic rings. The molecule has 0 fully saturated rings. The van der Waals surface area contributed by atoms with Gasteiger partial charge in [-0.3, -0.25) is 4.98 Å². The maximum atomic E-state index is 6.04. The van der Waals surface area contributed by atoms with Gasteiger partial charge in [0.2, 0.25) is 0 Å². The Bertz CT molecular complexity index is 612. The van der Waals surface area contributed by atoms with Crippen LogP contribution in [0.25, 0.3) is 10.9 Å². The van der Waals surface area contributed by atoms with Crippen LogP contribution in [-0.2, 0) is 0 Å². The highest BCUT2D eigenvalue weighted by atomic mass is 35.5. The minimum atomic E-state index is 0.738. The Hall–Kier alpha value is -1.28. The molecular formula is C22H33ClN2. The van der Waals surface area contributed by atoms with Crippen molar-refractivity contribution >= 4 is 28.2 Å². The summed E-state index contributed by atoms with van der Waals surface area (Å²) in [6, 6.07) is 7.95. The molecule has 0 spiro atoms. The predicted molar refractivity (Wildman–Crippen MR) is 112 cm³/mol. The fourth-order valence-electron chi connectivity index (χ4n) is 3.29. The van der Waals surface area contributed by atoms with Crippen molar-refractivity contribution in [3.8, 4) is 0 Å². The molecule has 0 atom stereocenters. The van der Waals surface area contributed by atoms with Gasteiger partial charge in [0.25, 0.3) is 0 Å². The van der Waals surface area contributed by atoms with Gasteiger partial charge in [0.15, 0.2) is 0 Å². The Morgan fingerprint density at radius 3 is 2.16 bits per heavy atom. The topological polar surface area (TPSA) is 24.9 Å². The van der Waals surface area contributed by atoms with Crippen LogP contribution in [0.1, 0.15) is 77.6 Å². The van der Waals surface area contributed by atoms with E-state index in [9.17, 15) is 0 Å². The van der Waals surface area contributed by atoms with Gasteiger partial charge in [-0.1, -0.05) is 82.7 Å². The largest absolute Gasteiger partial charge is 0.384 e. The third-order valence-electron chi connectivity index (χ3n) is 4.80. The summed E-state index contributed by atoms with van der Waals surface area (Å²) >= 11 is 6.04. The number of halogens is 1. The van der Waals surface area contributed by atoms with Gasteiger partial charge >= 0.3 is 0 Å². The average molecular weight is 361 g/mol. The zero-order valence-corrected chi connectivity index (χ0v) is 16.5. The Morgan fingerprint density at radius 1 is 0.840 bits per heavy atom. The summed E-state index contributed by atoms with van der Waals surface area (Å²) in [5.41, 5.74) is 2.12. The number of fused-ring (bicyclic) bond motifs is 1. The van der Waals surface area contributed by atoms with Crippen molar-refractivity contribution in [1.29, 1.82) is 0 Å². The monoisotopic (exact) mass is 360 g/mol. The highest BCUT2D eigenvalue weighted by Gasteiger charge is 2.02. The first kappa shape index (κ1) is 20.0. The highest BCUT2D eigenvalue weighted by molar-refractivity contribution is 6.31. The van der Waals surface area contributed by atoms with Gasteiger partial charge in [0, 0.05) is 28.8 Å². The second kappa shape index (κ2) is 12.1. The minimum Gasteiger partial charge on any atom is -0.384 e. The van der Waals surface area contributed by atoms with Crippen LogP contribution in [-0.4, -0.2) is 11.5 Å². The summed E-state index contributed by atoms with van der Waals surface area (Å²) < 4.78 is 0. The van der Waals surface area contributed by atoms with Crippen LogP contribution in [0.15, 0.2) is 30.5 Å². The van der Waals surface area contributed by atoms with Crippen LogP contribution in [0.4, 0.5) is 5.69 Å². The van der Waals surface area contributed by atoms with Gasteiger partial charge in [0.1, 0.15) is 0 Å². The summed E-state index contributed by atoms with van der Waals surface area (Å²) in [5.74, 6) is 0. The fraction of sp³-hybridized carbons (Fsp3) is 0.591. The molecule has 2 rings (SSSR count). The maximum Gasteiger partial charge on any atom is 0.0737 e. The Morgan fingerprint density at radius 2 is 1.48 bits per heavy atom. The van der Waals surface area contributed by atoms with Crippen LogP contribution in [0.3, 0.4) is 0 Å². The van der Waals surface area contributed by atoms with Crippen molar-refractivity contribution in [3.05, 3.63) is 35.5 Å². The lowest BCUT2D eigenvalue weighted by Gasteiger charge is -2.09. The van der Waals surface area contributed by atoms with Gasteiger partial charge in [0.05, 0.1) is 5.52 Å². The van der Waals surface area contributed by atoms with Crippen LogP contribution >= 0.6 is 11.6 Å². The number of aromatic nitrogens is 1. The van der Waals surface area contributed by atoms with E-state index in [1.54, 1.807) is 0 Å². The molecule has 1 heterocycles. The lowest BCUT2D eigenvalue weighted by Crippen LogP contribution is -2.02. The van der Waals surface area contributed by atoms with Crippen LogP contribution in [0.5, 0.6) is 0 Å². The van der Waals surface area contributed by atoms with E-state index < -0.39 is 0 Å². The molecule has 0 saturated heterocycles. The molecule has 138 valence electrons. The van der Waals surface area contributed by atoms with E-state index in [1.807, 2.05) is 24.4 Å². The number of anilines is 1. The molecule has 1 aromatic heterocycles. The number of benzene rings is 1. The molecule has 3 heteroatoms. The zero-order valence-electron chi connectivity index (χ0n) is 15.7. The SMILES string of the molecule is CCCCCCCCCCCCCNc1ccnc2cc(Cl)ccc12. The first-order valence-corrected chi connectivity index (χ1v) is 10.5. The molecule has 0 unspecified atom stereocenters. The molecule has 0 amide bonds. The molecule has 0 saturated carbocycles. The second-order valence-corrected chi connectivity index (χ2v) is 7.42. The number of pyridine rings is 1. The average Bonchev–Trinajstić information content (AvgIpc) is 2.62. The molecule has 0 radical (unpaired) electrons. The van der Waals surface area contributed by atoms with Gasteiger partial charge in [-0.15, -0.1) is 0 Å². The van der Waals surface area contributed by atoms with E-state index in [1.165, 1.54) is 70.6 Å². The van der Waals surface area contributed by atoms with Crippen molar-refractivity contribution in [2.24, 2.45) is 0 Å². The summed E-state index contributed by atoms with van der Waals surface area (Å²) in [6.07, 6.45) is 17.0. The molecule has 0 bridgehead atoms. The maximum absolute atomic E-state index is 6.04. The van der Waals surface area contributed by atoms with E-state index in [2.05, 4.69) is 23.3 Å².